The fourth-order valence-electron chi connectivity index (χ4n) is 3.75. The van der Waals surface area contributed by atoms with Crippen LogP contribution < -0.4 is 5.32 Å². The molecule has 1 aliphatic carbocycles. The Morgan fingerprint density at radius 1 is 1.00 bits per heavy atom. The quantitative estimate of drug-likeness (QED) is 0.361. The molecule has 3 rings (SSSR count). The number of alkyl halides is 1. The summed E-state index contributed by atoms with van der Waals surface area (Å²) in [5.74, 6) is -0.371. The van der Waals surface area contributed by atoms with Crippen LogP contribution >= 0.6 is 15.9 Å². The van der Waals surface area contributed by atoms with Crippen molar-refractivity contribution in [2.24, 2.45) is 0 Å². The number of fused-ring (bicyclic) bond motifs is 3. The van der Waals surface area contributed by atoms with E-state index in [-0.39, 0.29) is 18.9 Å². The van der Waals surface area contributed by atoms with Crippen molar-refractivity contribution in [3.8, 4) is 11.1 Å². The second-order valence-electron chi connectivity index (χ2n) is 6.71. The van der Waals surface area contributed by atoms with Crippen LogP contribution in [0.15, 0.2) is 48.5 Å². The highest BCUT2D eigenvalue weighted by molar-refractivity contribution is 9.09. The minimum atomic E-state index is -0.829. The molecule has 0 unspecified atom stereocenters. The smallest absolute Gasteiger partial charge is 0.408 e. The summed E-state index contributed by atoms with van der Waals surface area (Å²) >= 11 is 3.48. The van der Waals surface area contributed by atoms with Gasteiger partial charge in [-0.25, -0.2) is 4.79 Å². The molecule has 0 radical (unpaired) electrons. The van der Waals surface area contributed by atoms with Crippen LogP contribution in [-0.2, 0) is 19.9 Å². The molecule has 0 atom stereocenters. The molecule has 2 aromatic rings. The van der Waals surface area contributed by atoms with Gasteiger partial charge >= 0.3 is 12.1 Å². The van der Waals surface area contributed by atoms with Gasteiger partial charge in [-0.2, -0.15) is 0 Å². The van der Waals surface area contributed by atoms with E-state index in [1.54, 1.807) is 0 Å². The number of rotatable bonds is 8. The minimum absolute atomic E-state index is 0.107. The summed E-state index contributed by atoms with van der Waals surface area (Å²) in [4.78, 5) is 23.9. The van der Waals surface area contributed by atoms with E-state index in [0.29, 0.717) is 6.42 Å². The zero-order valence-corrected chi connectivity index (χ0v) is 17.5. The van der Waals surface area contributed by atoms with Crippen LogP contribution in [0.3, 0.4) is 0 Å². The van der Waals surface area contributed by atoms with Crippen LogP contribution in [0.25, 0.3) is 11.1 Å². The van der Waals surface area contributed by atoms with Crippen LogP contribution in [0, 0.1) is 0 Å². The fourth-order valence-corrected chi connectivity index (χ4v) is 4.14. The number of benzene rings is 2. The molecule has 1 amide bonds. The normalized spacial score (nSPS) is 13.4. The molecule has 0 heterocycles. The number of unbranched alkanes of at least 4 members (excludes halogenated alkanes) is 1. The maximum Gasteiger partial charge on any atom is 0.408 e. The van der Waals surface area contributed by atoms with E-state index in [2.05, 4.69) is 38.1 Å². The summed E-state index contributed by atoms with van der Waals surface area (Å²) in [7, 11) is 1.33. The first-order valence-electron chi connectivity index (χ1n) is 9.41. The molecular weight excluding hydrogens is 422 g/mol. The second-order valence-corrected chi connectivity index (χ2v) is 7.50. The number of hydrogen-bond donors (Lipinski definition) is 1. The summed E-state index contributed by atoms with van der Waals surface area (Å²) in [6.07, 6.45) is 2.16. The number of halogens is 1. The Kier molecular flexibility index (Phi) is 6.73. The first-order valence-corrected chi connectivity index (χ1v) is 10.5. The van der Waals surface area contributed by atoms with E-state index in [4.69, 9.17) is 4.74 Å². The van der Waals surface area contributed by atoms with Crippen molar-refractivity contribution in [3.63, 3.8) is 0 Å². The number of carbonyl (C=O) groups excluding carboxylic acids is 2. The monoisotopic (exact) mass is 445 g/mol. The van der Waals surface area contributed by atoms with Gasteiger partial charge < -0.3 is 14.8 Å². The summed E-state index contributed by atoms with van der Waals surface area (Å²) in [6.45, 7) is 0.173. The van der Waals surface area contributed by atoms with Gasteiger partial charge in [-0.1, -0.05) is 64.5 Å². The molecule has 1 aliphatic rings. The lowest BCUT2D eigenvalue weighted by molar-refractivity contribution is -0.140. The average Bonchev–Trinajstić information content (AvgIpc) is 2.99. The number of carbonyl (C=O) groups is 2. The first kappa shape index (κ1) is 20.4. The van der Waals surface area contributed by atoms with E-state index in [0.717, 1.165) is 40.4 Å². The highest BCUT2D eigenvalue weighted by Gasteiger charge is 2.46. The Bertz CT molecular complexity index is 806. The molecule has 2 aromatic carbocycles. The third-order valence-electron chi connectivity index (χ3n) is 5.02. The lowest BCUT2D eigenvalue weighted by Crippen LogP contribution is -2.37. The summed E-state index contributed by atoms with van der Waals surface area (Å²) in [5.41, 5.74) is 3.38. The van der Waals surface area contributed by atoms with Crippen LogP contribution in [0.5, 0.6) is 0 Å². The SMILES string of the molecule is COC(=O)CCNC(=O)OC1(CCCCBr)c2ccccc2-c2ccccc21. The largest absolute Gasteiger partial charge is 0.469 e. The van der Waals surface area contributed by atoms with Gasteiger partial charge in [0.05, 0.1) is 13.5 Å². The molecule has 0 aromatic heterocycles. The van der Waals surface area contributed by atoms with Gasteiger partial charge in [0.15, 0.2) is 5.60 Å². The van der Waals surface area contributed by atoms with Gasteiger partial charge in [0.2, 0.25) is 0 Å². The number of ether oxygens (including phenoxy) is 2. The van der Waals surface area contributed by atoms with Crippen LogP contribution in [-0.4, -0.2) is 31.0 Å². The Morgan fingerprint density at radius 3 is 2.18 bits per heavy atom. The predicted octanol–water partition coefficient (Wildman–Crippen LogP) is 4.77. The molecule has 28 heavy (non-hydrogen) atoms. The number of esters is 1. The number of methoxy groups -OCH3 is 1. The maximum atomic E-state index is 12.6. The van der Waals surface area contributed by atoms with Crippen LogP contribution in [0.2, 0.25) is 0 Å². The molecule has 5 nitrogen and oxygen atoms in total. The number of alkyl carbamates (subject to hydrolysis) is 1. The van der Waals surface area contributed by atoms with E-state index in [9.17, 15) is 9.59 Å². The standard InChI is InChI=1S/C22H24BrNO4/c1-27-20(25)12-15-24-21(26)28-22(13-6-7-14-23)18-10-4-2-8-16(18)17-9-3-5-11-19(17)22/h2-5,8-11H,6-7,12-15H2,1H3,(H,24,26). The first-order chi connectivity index (χ1) is 13.6. The van der Waals surface area contributed by atoms with Crippen molar-refractivity contribution in [3.05, 3.63) is 59.7 Å². The summed E-state index contributed by atoms with van der Waals surface area (Å²) in [5, 5.41) is 3.58. The van der Waals surface area contributed by atoms with Crippen LogP contribution in [0.4, 0.5) is 4.79 Å². The Hall–Kier alpha value is -2.34. The van der Waals surface area contributed by atoms with E-state index in [1.807, 2.05) is 36.4 Å². The minimum Gasteiger partial charge on any atom is -0.469 e. The van der Waals surface area contributed by atoms with Gasteiger partial charge in [-0.15, -0.1) is 0 Å². The second kappa shape index (κ2) is 9.24. The van der Waals surface area contributed by atoms with Gasteiger partial charge in [0.1, 0.15) is 0 Å². The molecule has 0 saturated carbocycles. The Balaban J connectivity index is 1.90. The predicted molar refractivity (Wildman–Crippen MR) is 111 cm³/mol. The van der Waals surface area contributed by atoms with Crippen LogP contribution in [0.1, 0.15) is 36.8 Å². The number of amides is 1. The van der Waals surface area contributed by atoms with Gasteiger partial charge in [0.25, 0.3) is 0 Å². The molecule has 0 aliphatic heterocycles. The Labute approximate surface area is 173 Å². The third-order valence-corrected chi connectivity index (χ3v) is 5.58. The molecule has 6 heteroatoms. The van der Waals surface area contributed by atoms with Crippen molar-refractivity contribution < 1.29 is 19.1 Å². The van der Waals surface area contributed by atoms with Crippen molar-refractivity contribution >= 4 is 28.0 Å². The van der Waals surface area contributed by atoms with Crippen molar-refractivity contribution in [1.82, 2.24) is 5.32 Å². The highest BCUT2D eigenvalue weighted by atomic mass is 79.9. The van der Waals surface area contributed by atoms with Crippen molar-refractivity contribution in [1.29, 1.82) is 0 Å². The lowest BCUT2D eigenvalue weighted by Gasteiger charge is -2.32. The van der Waals surface area contributed by atoms with E-state index < -0.39 is 11.7 Å². The summed E-state index contributed by atoms with van der Waals surface area (Å²) < 4.78 is 10.7. The fraction of sp³-hybridized carbons (Fsp3) is 0.364. The highest BCUT2D eigenvalue weighted by Crippen LogP contribution is 2.52. The number of nitrogens with one attached hydrogen (secondary N) is 1. The van der Waals surface area contributed by atoms with Crippen molar-refractivity contribution in [2.75, 3.05) is 19.0 Å². The zero-order chi connectivity index (χ0) is 20.0. The zero-order valence-electron chi connectivity index (χ0n) is 15.9. The molecule has 148 valence electrons. The molecule has 0 saturated heterocycles. The van der Waals surface area contributed by atoms with Gasteiger partial charge in [-0.05, 0) is 30.4 Å². The van der Waals surface area contributed by atoms with E-state index >= 15 is 0 Å². The number of hydrogen-bond acceptors (Lipinski definition) is 4. The third kappa shape index (κ3) is 4.07. The molecule has 0 bridgehead atoms. The molecule has 1 N–H and O–H groups in total. The topological polar surface area (TPSA) is 64.6 Å². The van der Waals surface area contributed by atoms with E-state index in [1.165, 1.54) is 7.11 Å². The molecular formula is C22H24BrNO4. The Morgan fingerprint density at radius 2 is 1.61 bits per heavy atom. The van der Waals surface area contributed by atoms with Gasteiger partial charge in [0, 0.05) is 23.0 Å². The van der Waals surface area contributed by atoms with Gasteiger partial charge in [-0.3, -0.25) is 4.79 Å². The lowest BCUT2D eigenvalue weighted by atomic mass is 9.86. The maximum absolute atomic E-state index is 12.6. The summed E-state index contributed by atoms with van der Waals surface area (Å²) in [6, 6.07) is 16.2. The average molecular weight is 446 g/mol. The van der Waals surface area contributed by atoms with Crippen molar-refractivity contribution in [2.45, 2.75) is 31.3 Å². The molecule has 0 fully saturated rings. The molecule has 0 spiro atoms.